The molecule has 0 spiro atoms. The number of fused-ring (bicyclic) bond motifs is 1. The van der Waals surface area contributed by atoms with Crippen molar-refractivity contribution in [1.82, 2.24) is 4.98 Å². The molecule has 1 atom stereocenters. The van der Waals surface area contributed by atoms with Crippen LogP contribution in [0.5, 0.6) is 0 Å². The zero-order valence-electron chi connectivity index (χ0n) is 13.1. The fourth-order valence-corrected chi connectivity index (χ4v) is 3.34. The zero-order valence-corrected chi connectivity index (χ0v) is 13.8. The molecule has 0 fully saturated rings. The van der Waals surface area contributed by atoms with Crippen molar-refractivity contribution in [2.24, 2.45) is 0 Å². The Morgan fingerprint density at radius 3 is 2.17 bits per heavy atom. The number of nitrogens with zero attached hydrogens (tertiary/aromatic N) is 1. The van der Waals surface area contributed by atoms with Crippen molar-refractivity contribution in [2.75, 3.05) is 0 Å². The molecule has 24 heavy (non-hydrogen) atoms. The van der Waals surface area contributed by atoms with Crippen LogP contribution in [0.25, 0.3) is 10.9 Å². The van der Waals surface area contributed by atoms with Gasteiger partial charge in [0.1, 0.15) is 0 Å². The van der Waals surface area contributed by atoms with E-state index in [2.05, 4.69) is 65.6 Å². The molecule has 1 heterocycles. The summed E-state index contributed by atoms with van der Waals surface area (Å²) < 4.78 is 0. The minimum atomic E-state index is 0.127. The number of pyridine rings is 1. The minimum Gasteiger partial charge on any atom is -0.256 e. The van der Waals surface area contributed by atoms with Crippen molar-refractivity contribution in [3.8, 4) is 0 Å². The molecule has 0 saturated heterocycles. The highest BCUT2D eigenvalue weighted by Crippen LogP contribution is 2.35. The number of hydrogen-bond donors (Lipinski definition) is 0. The zero-order chi connectivity index (χ0) is 16.4. The molecular weight excluding hydrogens is 314 g/mol. The molecule has 4 aromatic rings. The van der Waals surface area contributed by atoms with Crippen LogP contribution in [0.2, 0.25) is 5.02 Å². The van der Waals surface area contributed by atoms with E-state index in [-0.39, 0.29) is 5.92 Å². The number of benzene rings is 3. The Morgan fingerprint density at radius 1 is 0.667 bits per heavy atom. The second-order valence-corrected chi connectivity index (χ2v) is 6.25. The molecule has 0 saturated carbocycles. The predicted molar refractivity (Wildman–Crippen MR) is 101 cm³/mol. The first-order valence-corrected chi connectivity index (χ1v) is 8.35. The summed E-state index contributed by atoms with van der Waals surface area (Å²) in [6, 6.07) is 29.1. The number of halogens is 1. The average Bonchev–Trinajstić information content (AvgIpc) is 2.65. The second kappa shape index (κ2) is 6.46. The van der Waals surface area contributed by atoms with Gasteiger partial charge in [0, 0.05) is 22.5 Å². The molecule has 0 N–H and O–H groups in total. The van der Waals surface area contributed by atoms with E-state index in [0.717, 1.165) is 15.9 Å². The Morgan fingerprint density at radius 2 is 1.38 bits per heavy atom. The van der Waals surface area contributed by atoms with E-state index in [1.54, 1.807) is 0 Å². The van der Waals surface area contributed by atoms with Crippen LogP contribution in [-0.4, -0.2) is 4.98 Å². The Bertz CT molecular complexity index is 957. The predicted octanol–water partition coefficient (Wildman–Crippen LogP) is 6.07. The summed E-state index contributed by atoms with van der Waals surface area (Å²) >= 11 is 6.09. The molecule has 1 aromatic heterocycles. The van der Waals surface area contributed by atoms with Crippen LogP contribution < -0.4 is 0 Å². The monoisotopic (exact) mass is 329 g/mol. The Labute approximate surface area is 146 Å². The lowest BCUT2D eigenvalue weighted by molar-refractivity contribution is 0.983. The number of rotatable bonds is 3. The van der Waals surface area contributed by atoms with Crippen LogP contribution in [0, 0.1) is 0 Å². The van der Waals surface area contributed by atoms with Gasteiger partial charge < -0.3 is 0 Å². The number of aromatic nitrogens is 1. The summed E-state index contributed by atoms with van der Waals surface area (Å²) in [6.07, 6.45) is 1.86. The maximum atomic E-state index is 6.09. The van der Waals surface area contributed by atoms with Crippen LogP contribution in [0.4, 0.5) is 0 Å². The fourth-order valence-electron chi connectivity index (χ4n) is 3.21. The van der Waals surface area contributed by atoms with E-state index in [1.165, 1.54) is 16.7 Å². The standard InChI is InChI=1S/C22H16ClN/c23-19-13-11-17(12-14-19)21(16-6-2-1-3-7-16)20-10-4-8-18-9-5-15-24-22(18)20/h1-15,21H/t21-/m0/s1. The van der Waals surface area contributed by atoms with E-state index < -0.39 is 0 Å². The molecular formula is C22H16ClN. The smallest absolute Gasteiger partial charge is 0.0743 e. The van der Waals surface area contributed by atoms with Crippen molar-refractivity contribution in [1.29, 1.82) is 0 Å². The first kappa shape index (κ1) is 14.9. The molecule has 1 nitrogen and oxygen atoms in total. The van der Waals surface area contributed by atoms with Gasteiger partial charge in [-0.25, -0.2) is 0 Å². The van der Waals surface area contributed by atoms with Crippen LogP contribution in [0.1, 0.15) is 22.6 Å². The molecule has 0 radical (unpaired) electrons. The normalized spacial score (nSPS) is 12.2. The third-order valence-electron chi connectivity index (χ3n) is 4.31. The molecule has 2 heteroatoms. The van der Waals surface area contributed by atoms with Crippen molar-refractivity contribution >= 4 is 22.5 Å². The van der Waals surface area contributed by atoms with Crippen LogP contribution in [-0.2, 0) is 0 Å². The minimum absolute atomic E-state index is 0.127. The van der Waals surface area contributed by atoms with Gasteiger partial charge in [-0.15, -0.1) is 0 Å². The topological polar surface area (TPSA) is 12.9 Å². The summed E-state index contributed by atoms with van der Waals surface area (Å²) in [5, 5.41) is 1.91. The maximum absolute atomic E-state index is 6.09. The van der Waals surface area contributed by atoms with Crippen LogP contribution in [0.3, 0.4) is 0 Å². The molecule has 0 unspecified atom stereocenters. The summed E-state index contributed by atoms with van der Waals surface area (Å²) in [4.78, 5) is 4.64. The van der Waals surface area contributed by atoms with Gasteiger partial charge >= 0.3 is 0 Å². The quantitative estimate of drug-likeness (QED) is 0.416. The van der Waals surface area contributed by atoms with E-state index in [4.69, 9.17) is 11.6 Å². The Balaban J connectivity index is 1.97. The van der Waals surface area contributed by atoms with Crippen molar-refractivity contribution < 1.29 is 0 Å². The van der Waals surface area contributed by atoms with Gasteiger partial charge in [-0.2, -0.15) is 0 Å². The van der Waals surface area contributed by atoms with Gasteiger partial charge in [0.15, 0.2) is 0 Å². The van der Waals surface area contributed by atoms with Gasteiger partial charge in [-0.05, 0) is 34.9 Å². The summed E-state index contributed by atoms with van der Waals surface area (Å²) in [6.45, 7) is 0. The number of para-hydroxylation sites is 1. The first-order valence-electron chi connectivity index (χ1n) is 7.97. The summed E-state index contributed by atoms with van der Waals surface area (Å²) in [7, 11) is 0. The van der Waals surface area contributed by atoms with Gasteiger partial charge in [0.25, 0.3) is 0 Å². The van der Waals surface area contributed by atoms with E-state index in [1.807, 2.05) is 30.5 Å². The van der Waals surface area contributed by atoms with Crippen molar-refractivity contribution in [3.05, 3.63) is 113 Å². The molecule has 0 amide bonds. The van der Waals surface area contributed by atoms with Gasteiger partial charge in [0.2, 0.25) is 0 Å². The van der Waals surface area contributed by atoms with Gasteiger partial charge in [0.05, 0.1) is 5.52 Å². The van der Waals surface area contributed by atoms with E-state index >= 15 is 0 Å². The molecule has 3 aromatic carbocycles. The SMILES string of the molecule is Clc1ccc([C@H](c2ccccc2)c2cccc3cccnc23)cc1. The third kappa shape index (κ3) is 2.79. The lowest BCUT2D eigenvalue weighted by Crippen LogP contribution is -2.04. The third-order valence-corrected chi connectivity index (χ3v) is 4.56. The molecule has 0 bridgehead atoms. The second-order valence-electron chi connectivity index (χ2n) is 5.82. The van der Waals surface area contributed by atoms with E-state index in [9.17, 15) is 0 Å². The lowest BCUT2D eigenvalue weighted by Gasteiger charge is -2.20. The molecule has 4 rings (SSSR count). The molecule has 116 valence electrons. The van der Waals surface area contributed by atoms with Crippen LogP contribution in [0.15, 0.2) is 91.1 Å². The largest absolute Gasteiger partial charge is 0.256 e. The molecule has 0 aliphatic rings. The lowest BCUT2D eigenvalue weighted by atomic mass is 9.84. The fraction of sp³-hybridized carbons (Fsp3) is 0.0455. The number of hydrogen-bond acceptors (Lipinski definition) is 1. The highest BCUT2D eigenvalue weighted by molar-refractivity contribution is 6.30. The maximum Gasteiger partial charge on any atom is 0.0743 e. The highest BCUT2D eigenvalue weighted by atomic mass is 35.5. The highest BCUT2D eigenvalue weighted by Gasteiger charge is 2.19. The van der Waals surface area contributed by atoms with Crippen LogP contribution >= 0.6 is 11.6 Å². The Hall–Kier alpha value is -2.64. The molecule has 0 aliphatic heterocycles. The summed E-state index contributed by atoms with van der Waals surface area (Å²) in [5.41, 5.74) is 4.71. The average molecular weight is 330 g/mol. The van der Waals surface area contributed by atoms with Gasteiger partial charge in [-0.3, -0.25) is 4.98 Å². The van der Waals surface area contributed by atoms with Crippen molar-refractivity contribution in [3.63, 3.8) is 0 Å². The summed E-state index contributed by atoms with van der Waals surface area (Å²) in [5.74, 6) is 0.127. The Kier molecular flexibility index (Phi) is 4.02. The molecule has 0 aliphatic carbocycles. The van der Waals surface area contributed by atoms with E-state index in [0.29, 0.717) is 0 Å². The van der Waals surface area contributed by atoms with Crippen molar-refractivity contribution in [2.45, 2.75) is 5.92 Å². The first-order chi connectivity index (χ1) is 11.8. The van der Waals surface area contributed by atoms with Gasteiger partial charge in [-0.1, -0.05) is 78.3 Å².